The summed E-state index contributed by atoms with van der Waals surface area (Å²) in [7, 11) is 1.40. The zero-order valence-electron chi connectivity index (χ0n) is 16.7. The average Bonchev–Trinajstić information content (AvgIpc) is 3.18. The fourth-order valence-electron chi connectivity index (χ4n) is 3.55. The van der Waals surface area contributed by atoms with Crippen LogP contribution in [0.15, 0.2) is 29.3 Å². The van der Waals surface area contributed by atoms with Crippen molar-refractivity contribution in [1.82, 2.24) is 14.8 Å². The van der Waals surface area contributed by atoms with E-state index in [1.54, 1.807) is 11.3 Å². The third-order valence-electron chi connectivity index (χ3n) is 5.21. The van der Waals surface area contributed by atoms with E-state index in [0.717, 1.165) is 33.5 Å². The molecule has 1 aliphatic heterocycles. The number of rotatable bonds is 4. The summed E-state index contributed by atoms with van der Waals surface area (Å²) in [6.45, 7) is 6.17. The molecule has 1 atom stereocenters. The van der Waals surface area contributed by atoms with Gasteiger partial charge >= 0.3 is 5.97 Å². The molecule has 6 nitrogen and oxygen atoms in total. The fourth-order valence-corrected chi connectivity index (χ4v) is 4.89. The van der Waals surface area contributed by atoms with Crippen LogP contribution in [0.2, 0.25) is 5.02 Å². The van der Waals surface area contributed by atoms with Gasteiger partial charge in [0.05, 0.1) is 12.8 Å². The van der Waals surface area contributed by atoms with Crippen molar-refractivity contribution < 1.29 is 9.53 Å². The van der Waals surface area contributed by atoms with Gasteiger partial charge in [-0.15, -0.1) is 21.5 Å². The second kappa shape index (κ2) is 7.72. The summed E-state index contributed by atoms with van der Waals surface area (Å²) in [5.41, 5.74) is 4.14. The van der Waals surface area contributed by atoms with Gasteiger partial charge in [-0.05, 0) is 44.9 Å². The zero-order chi connectivity index (χ0) is 20.7. The van der Waals surface area contributed by atoms with Crippen molar-refractivity contribution in [2.75, 3.05) is 7.11 Å². The molecular formula is C21H21ClN4O2S. The summed E-state index contributed by atoms with van der Waals surface area (Å²) in [6, 6.07) is 7.39. The lowest BCUT2D eigenvalue weighted by Gasteiger charge is -2.12. The lowest BCUT2D eigenvalue weighted by molar-refractivity contribution is -0.140. The van der Waals surface area contributed by atoms with Crippen molar-refractivity contribution in [2.24, 2.45) is 4.99 Å². The Bertz CT molecular complexity index is 1110. The molecule has 4 rings (SSSR count). The van der Waals surface area contributed by atoms with E-state index in [1.807, 2.05) is 31.2 Å². The first-order valence-corrected chi connectivity index (χ1v) is 10.5. The first-order valence-electron chi connectivity index (χ1n) is 9.34. The molecule has 3 heterocycles. The number of carbonyl (C=O) groups excluding carboxylic acids is 1. The summed E-state index contributed by atoms with van der Waals surface area (Å²) in [5, 5.41) is 10.5. The van der Waals surface area contributed by atoms with Crippen molar-refractivity contribution in [3.05, 3.63) is 62.5 Å². The molecule has 0 radical (unpaired) electrons. The van der Waals surface area contributed by atoms with Crippen LogP contribution in [-0.2, 0) is 9.53 Å². The third kappa shape index (κ3) is 3.49. The maximum Gasteiger partial charge on any atom is 0.305 e. The van der Waals surface area contributed by atoms with Crippen LogP contribution in [0.5, 0.6) is 0 Å². The molecule has 0 bridgehead atoms. The Morgan fingerprint density at radius 2 is 1.93 bits per heavy atom. The molecular weight excluding hydrogens is 408 g/mol. The Morgan fingerprint density at radius 3 is 2.62 bits per heavy atom. The number of hydrogen-bond donors (Lipinski definition) is 0. The Hall–Kier alpha value is -2.51. The van der Waals surface area contributed by atoms with Crippen molar-refractivity contribution >= 4 is 34.6 Å². The number of fused-ring (bicyclic) bond motifs is 3. The number of aromatic nitrogens is 3. The van der Waals surface area contributed by atoms with Crippen LogP contribution in [0.25, 0.3) is 5.00 Å². The SMILES string of the molecule is COC(=O)CC[C@@H]1N=C(c2ccc(Cl)cc2)c2c(sc(C)c2C)-n2c(C)nnc21. The molecule has 0 saturated carbocycles. The van der Waals surface area contributed by atoms with E-state index in [2.05, 4.69) is 28.6 Å². The van der Waals surface area contributed by atoms with Crippen molar-refractivity contribution in [2.45, 2.75) is 39.7 Å². The molecule has 8 heteroatoms. The molecule has 0 saturated heterocycles. The number of halogens is 1. The molecule has 150 valence electrons. The second-order valence-corrected chi connectivity index (χ2v) is 8.66. The number of methoxy groups -OCH3 is 1. The summed E-state index contributed by atoms with van der Waals surface area (Å²) in [5.74, 6) is 1.29. The highest BCUT2D eigenvalue weighted by atomic mass is 35.5. The van der Waals surface area contributed by atoms with E-state index in [4.69, 9.17) is 21.3 Å². The Kier molecular flexibility index (Phi) is 5.27. The number of aliphatic imine (C=N–C) groups is 1. The van der Waals surface area contributed by atoms with E-state index in [1.165, 1.54) is 17.6 Å². The van der Waals surface area contributed by atoms with Gasteiger partial charge in [-0.2, -0.15) is 0 Å². The number of aryl methyl sites for hydroxylation is 2. The van der Waals surface area contributed by atoms with Crippen molar-refractivity contribution in [1.29, 1.82) is 0 Å². The molecule has 3 aromatic rings. The predicted molar refractivity (Wildman–Crippen MR) is 115 cm³/mol. The molecule has 1 aromatic carbocycles. The molecule has 1 aliphatic rings. The number of hydrogen-bond acceptors (Lipinski definition) is 6. The van der Waals surface area contributed by atoms with Gasteiger partial charge in [-0.1, -0.05) is 23.7 Å². The first-order chi connectivity index (χ1) is 13.9. The van der Waals surface area contributed by atoms with Crippen molar-refractivity contribution in [3.8, 4) is 5.00 Å². The van der Waals surface area contributed by atoms with Crippen molar-refractivity contribution in [3.63, 3.8) is 0 Å². The van der Waals surface area contributed by atoms with Crippen LogP contribution < -0.4 is 0 Å². The molecule has 0 spiro atoms. The largest absolute Gasteiger partial charge is 0.469 e. The summed E-state index contributed by atoms with van der Waals surface area (Å²) >= 11 is 7.82. The zero-order valence-corrected chi connectivity index (χ0v) is 18.3. The topological polar surface area (TPSA) is 69.4 Å². The smallest absolute Gasteiger partial charge is 0.305 e. The first kappa shape index (κ1) is 19.8. The van der Waals surface area contributed by atoms with Crippen LogP contribution in [0.3, 0.4) is 0 Å². The minimum Gasteiger partial charge on any atom is -0.469 e. The third-order valence-corrected chi connectivity index (χ3v) is 6.65. The minimum absolute atomic E-state index is 0.260. The van der Waals surface area contributed by atoms with E-state index < -0.39 is 0 Å². The van der Waals surface area contributed by atoms with Gasteiger partial charge in [0.15, 0.2) is 5.82 Å². The summed E-state index contributed by atoms with van der Waals surface area (Å²) < 4.78 is 6.91. The van der Waals surface area contributed by atoms with E-state index in [-0.39, 0.29) is 18.4 Å². The van der Waals surface area contributed by atoms with Gasteiger partial charge in [-0.3, -0.25) is 14.4 Å². The van der Waals surface area contributed by atoms with Crippen LogP contribution in [-0.4, -0.2) is 33.6 Å². The summed E-state index contributed by atoms with van der Waals surface area (Å²) in [4.78, 5) is 18.1. The summed E-state index contributed by atoms with van der Waals surface area (Å²) in [6.07, 6.45) is 0.755. The average molecular weight is 429 g/mol. The lowest BCUT2D eigenvalue weighted by Crippen LogP contribution is -2.09. The number of thiophene rings is 1. The van der Waals surface area contributed by atoms with Gasteiger partial charge in [0.25, 0.3) is 0 Å². The monoisotopic (exact) mass is 428 g/mol. The number of carbonyl (C=O) groups is 1. The molecule has 0 aliphatic carbocycles. The minimum atomic E-state index is -0.305. The highest BCUT2D eigenvalue weighted by Gasteiger charge is 2.31. The molecule has 0 fully saturated rings. The van der Waals surface area contributed by atoms with Crippen LogP contribution >= 0.6 is 22.9 Å². The number of benzene rings is 1. The highest BCUT2D eigenvalue weighted by molar-refractivity contribution is 7.15. The Balaban J connectivity index is 1.94. The fraction of sp³-hybridized carbons (Fsp3) is 0.333. The number of ether oxygens (including phenoxy) is 1. The van der Waals surface area contributed by atoms with Crippen LogP contribution in [0, 0.1) is 20.8 Å². The quantitative estimate of drug-likeness (QED) is 0.562. The van der Waals surface area contributed by atoms with Gasteiger partial charge in [-0.25, -0.2) is 0 Å². The predicted octanol–water partition coefficient (Wildman–Crippen LogP) is 4.75. The van der Waals surface area contributed by atoms with E-state index >= 15 is 0 Å². The van der Waals surface area contributed by atoms with Gasteiger partial charge in [0.1, 0.15) is 16.9 Å². The maximum atomic E-state index is 11.8. The number of nitrogens with zero attached hydrogens (tertiary/aromatic N) is 4. The van der Waals surface area contributed by atoms with E-state index in [0.29, 0.717) is 11.4 Å². The highest BCUT2D eigenvalue weighted by Crippen LogP contribution is 2.39. The second-order valence-electron chi connectivity index (χ2n) is 7.02. The van der Waals surface area contributed by atoms with Gasteiger partial charge < -0.3 is 4.74 Å². The lowest BCUT2D eigenvalue weighted by atomic mass is 9.99. The molecule has 0 amide bonds. The normalized spacial score (nSPS) is 15.3. The van der Waals surface area contributed by atoms with Crippen LogP contribution in [0.4, 0.5) is 0 Å². The molecule has 29 heavy (non-hydrogen) atoms. The molecule has 0 N–H and O–H groups in total. The number of esters is 1. The van der Waals surface area contributed by atoms with Crippen LogP contribution in [0.1, 0.15) is 52.1 Å². The van der Waals surface area contributed by atoms with E-state index in [9.17, 15) is 4.79 Å². The van der Waals surface area contributed by atoms with Gasteiger partial charge in [0.2, 0.25) is 0 Å². The molecule has 2 aromatic heterocycles. The standard InChI is InChI=1S/C21H21ClN4O2S/c1-11-12(2)29-21-18(11)19(14-5-7-15(22)8-6-14)23-16(9-10-17(27)28-4)20-25-24-13(3)26(20)21/h5-8,16H,9-10H2,1-4H3/t16-/m0/s1. The Labute approximate surface area is 178 Å². The van der Waals surface area contributed by atoms with Gasteiger partial charge in [0, 0.05) is 27.4 Å². The molecule has 0 unspecified atom stereocenters. The maximum absolute atomic E-state index is 11.8. The Morgan fingerprint density at radius 1 is 1.21 bits per heavy atom.